The van der Waals surface area contributed by atoms with E-state index in [0.717, 1.165) is 17.8 Å². The van der Waals surface area contributed by atoms with E-state index in [1.165, 1.54) is 0 Å². The maximum Gasteiger partial charge on any atom is 0.332 e. The van der Waals surface area contributed by atoms with E-state index in [0.29, 0.717) is 18.2 Å². The highest BCUT2D eigenvalue weighted by molar-refractivity contribution is 6.29. The molecule has 0 amide bonds. The van der Waals surface area contributed by atoms with Crippen molar-refractivity contribution in [2.75, 3.05) is 18.0 Å². The number of hydrogen-bond acceptors (Lipinski definition) is 7. The van der Waals surface area contributed by atoms with Crippen molar-refractivity contribution < 1.29 is 19.1 Å². The van der Waals surface area contributed by atoms with Gasteiger partial charge in [0.2, 0.25) is 5.60 Å². The Hall–Kier alpha value is -2.12. The number of carbonyl (C=O) groups excluding carboxylic acids is 2. The fourth-order valence-corrected chi connectivity index (χ4v) is 3.29. The number of rotatable bonds is 1. The highest BCUT2D eigenvalue weighted by atomic mass is 35.5. The largest absolute Gasteiger partial charge is 0.446 e. The van der Waals surface area contributed by atoms with Crippen LogP contribution in [0.5, 0.6) is 0 Å². The van der Waals surface area contributed by atoms with Crippen molar-refractivity contribution in [1.82, 2.24) is 10.3 Å². The van der Waals surface area contributed by atoms with Crippen LogP contribution >= 0.6 is 11.6 Å². The van der Waals surface area contributed by atoms with Gasteiger partial charge in [-0.1, -0.05) is 11.6 Å². The van der Waals surface area contributed by atoms with E-state index in [2.05, 4.69) is 10.3 Å². The SMILES string of the molecule is O=C1/C=C/C(=O)O[C@]23CN(c4ccc(Cl)nc4)[C@H]2CNC3O1. The third-order valence-electron chi connectivity index (χ3n) is 4.22. The van der Waals surface area contributed by atoms with E-state index in [4.69, 9.17) is 21.1 Å². The molecule has 3 aliphatic heterocycles. The molecule has 1 unspecified atom stereocenters. The van der Waals surface area contributed by atoms with Crippen LogP contribution < -0.4 is 10.2 Å². The van der Waals surface area contributed by atoms with Gasteiger partial charge in [-0.3, -0.25) is 5.32 Å². The van der Waals surface area contributed by atoms with Crippen molar-refractivity contribution >= 4 is 29.2 Å². The molecule has 114 valence electrons. The van der Waals surface area contributed by atoms with Gasteiger partial charge in [0.1, 0.15) is 5.15 Å². The molecular weight excluding hydrogens is 310 g/mol. The van der Waals surface area contributed by atoms with Crippen LogP contribution in [0.1, 0.15) is 0 Å². The molecule has 1 N–H and O–H groups in total. The maximum absolute atomic E-state index is 11.8. The van der Waals surface area contributed by atoms with E-state index >= 15 is 0 Å². The summed E-state index contributed by atoms with van der Waals surface area (Å²) in [6, 6.07) is 3.43. The van der Waals surface area contributed by atoms with Crippen LogP contribution in [0.2, 0.25) is 5.15 Å². The first kappa shape index (κ1) is 13.5. The van der Waals surface area contributed by atoms with Crippen LogP contribution in [0.15, 0.2) is 30.5 Å². The summed E-state index contributed by atoms with van der Waals surface area (Å²) < 4.78 is 10.9. The molecule has 4 heterocycles. The number of anilines is 1. The maximum atomic E-state index is 11.8. The zero-order valence-electron chi connectivity index (χ0n) is 11.4. The summed E-state index contributed by atoms with van der Waals surface area (Å²) >= 11 is 5.80. The molecule has 7 nitrogen and oxygen atoms in total. The van der Waals surface area contributed by atoms with Gasteiger partial charge in [0.15, 0.2) is 6.23 Å². The van der Waals surface area contributed by atoms with E-state index < -0.39 is 23.8 Å². The van der Waals surface area contributed by atoms with E-state index in [-0.39, 0.29) is 6.04 Å². The van der Waals surface area contributed by atoms with Crippen molar-refractivity contribution in [3.63, 3.8) is 0 Å². The Morgan fingerprint density at radius 3 is 2.91 bits per heavy atom. The molecule has 0 radical (unpaired) electrons. The van der Waals surface area contributed by atoms with Crippen LogP contribution in [-0.2, 0) is 19.1 Å². The second kappa shape index (κ2) is 4.69. The Labute approximate surface area is 130 Å². The lowest BCUT2D eigenvalue weighted by atomic mass is 9.84. The molecule has 1 aromatic rings. The van der Waals surface area contributed by atoms with Crippen LogP contribution in [0, 0.1) is 0 Å². The number of carbonyl (C=O) groups is 2. The molecule has 0 saturated carbocycles. The third-order valence-corrected chi connectivity index (χ3v) is 4.45. The number of halogens is 1. The lowest BCUT2D eigenvalue weighted by molar-refractivity contribution is -0.188. The van der Waals surface area contributed by atoms with Gasteiger partial charge < -0.3 is 14.4 Å². The van der Waals surface area contributed by atoms with Gasteiger partial charge in [0.05, 0.1) is 24.5 Å². The first-order valence-corrected chi connectivity index (χ1v) is 7.19. The highest BCUT2D eigenvalue weighted by Crippen LogP contribution is 2.43. The van der Waals surface area contributed by atoms with Gasteiger partial charge in [0.25, 0.3) is 0 Å². The van der Waals surface area contributed by atoms with Crippen molar-refractivity contribution in [2.45, 2.75) is 17.9 Å². The van der Waals surface area contributed by atoms with Gasteiger partial charge in [0, 0.05) is 18.7 Å². The molecule has 2 saturated heterocycles. The second-order valence-corrected chi connectivity index (χ2v) is 5.80. The molecule has 3 aliphatic rings. The summed E-state index contributed by atoms with van der Waals surface area (Å²) in [5, 5.41) is 3.51. The first-order valence-electron chi connectivity index (χ1n) is 6.82. The zero-order valence-corrected chi connectivity index (χ0v) is 12.1. The normalized spacial score (nSPS) is 34.5. The number of pyridine rings is 1. The standard InChI is InChI=1S/C14H12ClN3O4/c15-10-2-1-8(5-16-10)18-7-14-9(18)6-17-13(14)21-11(19)3-4-12(20)22-14/h1-5,9,13,17H,6-7H2/b4-3+/t9-,13?,14+/m0/s1. The molecule has 1 spiro atoms. The average Bonchev–Trinajstić information content (AvgIpc) is 2.71. The summed E-state index contributed by atoms with van der Waals surface area (Å²) in [5.74, 6) is -1.09. The Morgan fingerprint density at radius 2 is 2.14 bits per heavy atom. The zero-order chi connectivity index (χ0) is 15.3. The van der Waals surface area contributed by atoms with Crippen molar-refractivity contribution in [3.8, 4) is 0 Å². The molecule has 0 aliphatic carbocycles. The molecule has 0 aromatic carbocycles. The van der Waals surface area contributed by atoms with Gasteiger partial charge >= 0.3 is 11.9 Å². The van der Waals surface area contributed by atoms with Crippen LogP contribution in [0.25, 0.3) is 0 Å². The molecule has 4 rings (SSSR count). The fourth-order valence-electron chi connectivity index (χ4n) is 3.18. The molecule has 22 heavy (non-hydrogen) atoms. The minimum Gasteiger partial charge on any atom is -0.446 e. The van der Waals surface area contributed by atoms with Gasteiger partial charge in [-0.25, -0.2) is 14.6 Å². The number of esters is 2. The Kier molecular flexibility index (Phi) is 2.88. The molecule has 3 atom stereocenters. The number of ether oxygens (including phenoxy) is 2. The average molecular weight is 322 g/mol. The molecule has 0 bridgehead atoms. The van der Waals surface area contributed by atoms with E-state index in [9.17, 15) is 9.59 Å². The minimum absolute atomic E-state index is 0.122. The van der Waals surface area contributed by atoms with E-state index in [1.54, 1.807) is 12.3 Å². The molecule has 2 fully saturated rings. The fraction of sp³-hybridized carbons (Fsp3) is 0.357. The smallest absolute Gasteiger partial charge is 0.332 e. The lowest BCUT2D eigenvalue weighted by Gasteiger charge is -2.54. The highest BCUT2D eigenvalue weighted by Gasteiger charge is 2.66. The number of aromatic nitrogens is 1. The van der Waals surface area contributed by atoms with Crippen LogP contribution in [0.4, 0.5) is 5.69 Å². The topological polar surface area (TPSA) is 80.8 Å². The second-order valence-electron chi connectivity index (χ2n) is 5.42. The Bertz CT molecular complexity index is 677. The monoisotopic (exact) mass is 321 g/mol. The van der Waals surface area contributed by atoms with Crippen molar-refractivity contribution in [2.24, 2.45) is 0 Å². The number of hydrogen-bond donors (Lipinski definition) is 1. The number of nitrogens with zero attached hydrogens (tertiary/aromatic N) is 2. The summed E-state index contributed by atoms with van der Waals surface area (Å²) in [5.41, 5.74) is 0.0133. The summed E-state index contributed by atoms with van der Waals surface area (Å²) in [4.78, 5) is 29.5. The number of nitrogens with one attached hydrogen (secondary N) is 1. The minimum atomic E-state index is -0.864. The Balaban J connectivity index is 1.63. The van der Waals surface area contributed by atoms with Crippen molar-refractivity contribution in [3.05, 3.63) is 35.6 Å². The van der Waals surface area contributed by atoms with Crippen LogP contribution in [-0.4, -0.2) is 47.9 Å². The summed E-state index contributed by atoms with van der Waals surface area (Å²) in [6.07, 6.45) is 3.19. The van der Waals surface area contributed by atoms with Crippen LogP contribution in [0.3, 0.4) is 0 Å². The molecular formula is C14H12ClN3O4. The summed E-state index contributed by atoms with van der Waals surface area (Å²) in [6.45, 7) is 0.958. The van der Waals surface area contributed by atoms with Gasteiger partial charge in [-0.05, 0) is 12.1 Å². The third kappa shape index (κ3) is 1.89. The summed E-state index contributed by atoms with van der Waals surface area (Å²) in [7, 11) is 0. The quantitative estimate of drug-likeness (QED) is 0.586. The Morgan fingerprint density at radius 1 is 1.32 bits per heavy atom. The lowest BCUT2D eigenvalue weighted by Crippen LogP contribution is -2.74. The van der Waals surface area contributed by atoms with E-state index in [1.807, 2.05) is 11.0 Å². The predicted molar refractivity (Wildman–Crippen MR) is 76.2 cm³/mol. The van der Waals surface area contributed by atoms with Crippen molar-refractivity contribution in [1.29, 1.82) is 0 Å². The molecule has 1 aromatic heterocycles. The predicted octanol–water partition coefficient (Wildman–Crippen LogP) is 0.248. The van der Waals surface area contributed by atoms with Gasteiger partial charge in [-0.2, -0.15) is 0 Å². The molecule has 8 heteroatoms. The van der Waals surface area contributed by atoms with Gasteiger partial charge in [-0.15, -0.1) is 0 Å². The first-order chi connectivity index (χ1) is 10.6.